The van der Waals surface area contributed by atoms with Gasteiger partial charge in [-0.2, -0.15) is 0 Å². The minimum Gasteiger partial charge on any atom is -0.419 e. The van der Waals surface area contributed by atoms with Crippen LogP contribution in [-0.4, -0.2) is 16.7 Å². The Labute approximate surface area is 125 Å². The molecule has 6 heteroatoms. The van der Waals surface area contributed by atoms with Gasteiger partial charge in [0.15, 0.2) is 0 Å². The Morgan fingerprint density at radius 1 is 1.42 bits per heavy atom. The average Bonchev–Trinajstić information content (AvgIpc) is 2.85. The Balaban J connectivity index is 2.20. The topological polar surface area (TPSA) is 51.0 Å². The third-order valence-electron chi connectivity index (χ3n) is 2.67. The quantitative estimate of drug-likeness (QED) is 0.882. The molecule has 1 heterocycles. The zero-order valence-electron chi connectivity index (χ0n) is 10.8. The molecule has 102 valence electrons. The Bertz CT molecular complexity index is 559. The first-order chi connectivity index (χ1) is 9.11. The molecule has 1 aromatic heterocycles. The lowest BCUT2D eigenvalue weighted by molar-refractivity contribution is 0.423. The van der Waals surface area contributed by atoms with E-state index in [4.69, 9.17) is 16.0 Å². The van der Waals surface area contributed by atoms with Crippen LogP contribution < -0.4 is 5.32 Å². The molecule has 0 radical (unpaired) electrons. The van der Waals surface area contributed by atoms with E-state index in [1.165, 1.54) is 0 Å². The lowest BCUT2D eigenvalue weighted by Crippen LogP contribution is -2.19. The van der Waals surface area contributed by atoms with Crippen molar-refractivity contribution < 1.29 is 4.42 Å². The van der Waals surface area contributed by atoms with E-state index in [0.29, 0.717) is 16.8 Å². The van der Waals surface area contributed by atoms with Gasteiger partial charge in [-0.15, -0.1) is 10.2 Å². The molecule has 0 saturated heterocycles. The smallest absolute Gasteiger partial charge is 0.249 e. The van der Waals surface area contributed by atoms with Crippen LogP contribution in [0.3, 0.4) is 0 Å². The molecular formula is C13H15BrClN3O. The van der Waals surface area contributed by atoms with Crippen molar-refractivity contribution in [2.24, 2.45) is 0 Å². The van der Waals surface area contributed by atoms with Crippen molar-refractivity contribution in [2.75, 3.05) is 6.54 Å². The predicted molar refractivity (Wildman–Crippen MR) is 79.2 cm³/mol. The molecule has 0 amide bonds. The van der Waals surface area contributed by atoms with Gasteiger partial charge in [-0.1, -0.05) is 34.5 Å². The number of rotatable bonds is 5. The van der Waals surface area contributed by atoms with E-state index in [0.717, 1.165) is 23.0 Å². The summed E-state index contributed by atoms with van der Waals surface area (Å²) < 4.78 is 6.58. The maximum atomic E-state index is 6.16. The third kappa shape index (κ3) is 3.55. The second kappa shape index (κ2) is 6.50. The Morgan fingerprint density at radius 2 is 2.21 bits per heavy atom. The van der Waals surface area contributed by atoms with Gasteiger partial charge in [-0.05, 0) is 38.1 Å². The first-order valence-electron chi connectivity index (χ1n) is 6.14. The van der Waals surface area contributed by atoms with E-state index in [9.17, 15) is 0 Å². The molecule has 1 aromatic carbocycles. The van der Waals surface area contributed by atoms with Gasteiger partial charge in [0, 0.05) is 4.47 Å². The van der Waals surface area contributed by atoms with Crippen molar-refractivity contribution in [1.82, 2.24) is 15.5 Å². The molecule has 2 rings (SSSR count). The second-order valence-corrected chi connectivity index (χ2v) is 5.57. The summed E-state index contributed by atoms with van der Waals surface area (Å²) in [6, 6.07) is 5.59. The zero-order valence-corrected chi connectivity index (χ0v) is 13.1. The number of benzene rings is 1. The van der Waals surface area contributed by atoms with Crippen molar-refractivity contribution in [3.8, 4) is 11.5 Å². The molecule has 4 nitrogen and oxygen atoms in total. The molecule has 19 heavy (non-hydrogen) atoms. The largest absolute Gasteiger partial charge is 0.419 e. The minimum atomic E-state index is 0.0374. The lowest BCUT2D eigenvalue weighted by atomic mass is 10.2. The Kier molecular flexibility index (Phi) is 4.96. The van der Waals surface area contributed by atoms with Crippen molar-refractivity contribution in [3.05, 3.63) is 33.6 Å². The van der Waals surface area contributed by atoms with E-state index in [1.807, 2.05) is 19.1 Å². The van der Waals surface area contributed by atoms with E-state index < -0.39 is 0 Å². The van der Waals surface area contributed by atoms with Gasteiger partial charge in [0.05, 0.1) is 16.6 Å². The first kappa shape index (κ1) is 14.5. The van der Waals surface area contributed by atoms with E-state index in [2.05, 4.69) is 38.4 Å². The van der Waals surface area contributed by atoms with Gasteiger partial charge in [0.2, 0.25) is 11.8 Å². The fourth-order valence-corrected chi connectivity index (χ4v) is 2.38. The first-order valence-corrected chi connectivity index (χ1v) is 7.31. The number of nitrogens with one attached hydrogen (secondary N) is 1. The van der Waals surface area contributed by atoms with Crippen LogP contribution >= 0.6 is 27.5 Å². The summed E-state index contributed by atoms with van der Waals surface area (Å²) in [4.78, 5) is 0. The summed E-state index contributed by atoms with van der Waals surface area (Å²) in [6.07, 6.45) is 1.06. The summed E-state index contributed by atoms with van der Waals surface area (Å²) in [5, 5.41) is 12.0. The molecule has 1 atom stereocenters. The number of nitrogens with zero attached hydrogens (tertiary/aromatic N) is 2. The molecule has 0 saturated carbocycles. The van der Waals surface area contributed by atoms with Gasteiger partial charge in [-0.3, -0.25) is 0 Å². The number of hydrogen-bond donors (Lipinski definition) is 1. The van der Waals surface area contributed by atoms with Crippen molar-refractivity contribution in [2.45, 2.75) is 26.3 Å². The van der Waals surface area contributed by atoms with E-state index >= 15 is 0 Å². The van der Waals surface area contributed by atoms with Crippen LogP contribution in [0.5, 0.6) is 0 Å². The molecule has 1 N–H and O–H groups in total. The van der Waals surface area contributed by atoms with Crippen LogP contribution in [0.1, 0.15) is 32.2 Å². The summed E-state index contributed by atoms with van der Waals surface area (Å²) in [5.41, 5.74) is 0.742. The molecule has 0 aliphatic heterocycles. The molecule has 2 aromatic rings. The molecule has 0 spiro atoms. The van der Waals surface area contributed by atoms with Gasteiger partial charge in [0.25, 0.3) is 0 Å². The molecule has 0 bridgehead atoms. The van der Waals surface area contributed by atoms with Crippen molar-refractivity contribution >= 4 is 27.5 Å². The van der Waals surface area contributed by atoms with Crippen LogP contribution in [0, 0.1) is 0 Å². The highest BCUT2D eigenvalue weighted by Gasteiger charge is 2.16. The fourth-order valence-electron chi connectivity index (χ4n) is 1.63. The van der Waals surface area contributed by atoms with E-state index in [1.54, 1.807) is 6.07 Å². The monoisotopic (exact) mass is 343 g/mol. The predicted octanol–water partition coefficient (Wildman–Crippen LogP) is 4.21. The van der Waals surface area contributed by atoms with Crippen LogP contribution in [0.25, 0.3) is 11.5 Å². The molecule has 0 aliphatic carbocycles. The molecular weight excluding hydrogens is 330 g/mol. The number of hydrogen-bond acceptors (Lipinski definition) is 4. The molecule has 0 fully saturated rings. The Hall–Kier alpha value is -0.910. The summed E-state index contributed by atoms with van der Waals surface area (Å²) in [6.45, 7) is 5.02. The lowest BCUT2D eigenvalue weighted by Gasteiger charge is -2.07. The van der Waals surface area contributed by atoms with Crippen molar-refractivity contribution in [3.63, 3.8) is 0 Å². The van der Waals surface area contributed by atoms with Crippen LogP contribution in [0.2, 0.25) is 5.02 Å². The summed E-state index contributed by atoms with van der Waals surface area (Å²) >= 11 is 9.53. The number of aromatic nitrogens is 2. The highest BCUT2D eigenvalue weighted by molar-refractivity contribution is 9.10. The van der Waals surface area contributed by atoms with Gasteiger partial charge in [-0.25, -0.2) is 0 Å². The zero-order chi connectivity index (χ0) is 13.8. The maximum Gasteiger partial charge on any atom is 0.249 e. The molecule has 1 unspecified atom stereocenters. The summed E-state index contributed by atoms with van der Waals surface area (Å²) in [7, 11) is 0. The van der Waals surface area contributed by atoms with Gasteiger partial charge >= 0.3 is 0 Å². The van der Waals surface area contributed by atoms with Gasteiger partial charge in [0.1, 0.15) is 0 Å². The average molecular weight is 345 g/mol. The fraction of sp³-hybridized carbons (Fsp3) is 0.385. The molecule has 0 aliphatic rings. The third-order valence-corrected chi connectivity index (χ3v) is 3.48. The van der Waals surface area contributed by atoms with Gasteiger partial charge < -0.3 is 9.73 Å². The number of halogens is 2. The minimum absolute atomic E-state index is 0.0374. The van der Waals surface area contributed by atoms with E-state index in [-0.39, 0.29) is 6.04 Å². The SMILES string of the molecule is CCCNC(C)c1nnc(-c2ccc(Br)cc2Cl)o1. The summed E-state index contributed by atoms with van der Waals surface area (Å²) in [5.74, 6) is 1.01. The van der Waals surface area contributed by atoms with Crippen molar-refractivity contribution in [1.29, 1.82) is 0 Å². The maximum absolute atomic E-state index is 6.16. The van der Waals surface area contributed by atoms with Crippen LogP contribution in [0.15, 0.2) is 27.1 Å². The van der Waals surface area contributed by atoms with Crippen LogP contribution in [0.4, 0.5) is 0 Å². The highest BCUT2D eigenvalue weighted by atomic mass is 79.9. The Morgan fingerprint density at radius 3 is 2.89 bits per heavy atom. The standard InChI is InChI=1S/C13H15BrClN3O/c1-3-6-16-8(2)12-17-18-13(19-12)10-5-4-9(14)7-11(10)15/h4-5,7-8,16H,3,6H2,1-2H3. The second-order valence-electron chi connectivity index (χ2n) is 4.25. The van der Waals surface area contributed by atoms with Crippen LogP contribution in [-0.2, 0) is 0 Å². The highest BCUT2D eigenvalue weighted by Crippen LogP contribution is 2.30. The normalized spacial score (nSPS) is 12.6.